The molecule has 4 fully saturated rings. The van der Waals surface area contributed by atoms with Crippen LogP contribution in [0.1, 0.15) is 165 Å². The summed E-state index contributed by atoms with van der Waals surface area (Å²) in [7, 11) is 9.90. The van der Waals surface area contributed by atoms with Crippen LogP contribution in [0.15, 0.2) is 152 Å². The maximum Gasteiger partial charge on any atom is 0.288 e. The Hall–Kier alpha value is -11.1. The maximum absolute atomic E-state index is 14.2. The molecule has 3 amide bonds. The van der Waals surface area contributed by atoms with Crippen LogP contribution in [0.5, 0.6) is 34.5 Å². The first kappa shape index (κ1) is 86.3. The quantitative estimate of drug-likeness (QED) is 0.0304. The number of anilines is 4. The number of methoxy groups -OCH3 is 6. The van der Waals surface area contributed by atoms with E-state index >= 15 is 0 Å². The van der Waals surface area contributed by atoms with Crippen molar-refractivity contribution in [2.24, 2.45) is 5.92 Å². The summed E-state index contributed by atoms with van der Waals surface area (Å²) in [4.78, 5) is 74.5. The highest BCUT2D eigenvalue weighted by Gasteiger charge is 2.41. The van der Waals surface area contributed by atoms with Gasteiger partial charge in [0.25, 0.3) is 24.0 Å². The Morgan fingerprint density at radius 2 is 0.835 bits per heavy atom. The summed E-state index contributed by atoms with van der Waals surface area (Å²) in [5.74, 6) is 5.59. The van der Waals surface area contributed by atoms with Gasteiger partial charge in [-0.3, -0.25) is 19.3 Å². The predicted molar refractivity (Wildman–Crippen MR) is 473 cm³/mol. The lowest BCUT2D eigenvalue weighted by atomic mass is 9.86. The molecule has 9 heterocycles. The van der Waals surface area contributed by atoms with Gasteiger partial charge >= 0.3 is 0 Å². The van der Waals surface area contributed by atoms with E-state index in [-0.39, 0.29) is 35.8 Å². The number of ether oxygens (including phenoxy) is 6. The standard InChI is InChI=1S/C36H46N4O3.C32H42N6O3.C27H35N7O3/c1-4-37-19-21-39(22-20-37)32-12-8-11-30-31(32)26-40(36(30)41)33(29-13-14-34(42-2)35(24-29)43-3)23-27-15-17-38(18-16-27)25-28-9-6-5-7-10-28;1-6-36-15-17-37(18-16-36)28-10-7-9-25-26(28)21-38(31(25)39)27(24-12-13-29(40-4)30(20-24)41-5)11-8-14-33-32-34-22(2)19-23(3)35-32;1-4-31-13-15-32(16-14-31)24-8-5-7-21-22(24)18-34(27(21)35)23(9-6-12-33-19-28-29-30-33)20-10-11-25(36-2)26(17-20)37-3/h5-14,24,27,33H,4,15-23,25-26H2,1-3H3;7,9-10,12-13,19-20,27H,6,8,11,14-18,21H2,1-5H3,(H,33,34,35);5,7-8,10-11,17,19,23H,4,6,9,12-16,18H2,1-3H3/p+1/t;27-;23-/m.11/s1. The summed E-state index contributed by atoms with van der Waals surface area (Å²) in [6.07, 6.45) is 8.13. The first-order valence-electron chi connectivity index (χ1n) is 43.6. The zero-order valence-electron chi connectivity index (χ0n) is 72.8. The van der Waals surface area contributed by atoms with Gasteiger partial charge in [0.2, 0.25) is 5.95 Å². The van der Waals surface area contributed by atoms with Gasteiger partial charge in [0, 0.05) is 173 Å². The Labute approximate surface area is 714 Å². The van der Waals surface area contributed by atoms with Crippen LogP contribution >= 0.6 is 0 Å². The van der Waals surface area contributed by atoms with Crippen molar-refractivity contribution in [2.75, 3.05) is 180 Å². The Kier molecular flexibility index (Phi) is 29.3. The number of likely N-dealkylation sites (tertiary alicyclic amines) is 1. The molecule has 0 spiro atoms. The number of aromatic amines is 1. The lowest BCUT2D eigenvalue weighted by Crippen LogP contribution is -2.46. The molecule has 2 aromatic heterocycles. The molecule has 121 heavy (non-hydrogen) atoms. The number of benzene rings is 7. The van der Waals surface area contributed by atoms with E-state index in [2.05, 4.69) is 158 Å². The molecule has 26 nitrogen and oxygen atoms in total. The molecule has 3 atom stereocenters. The summed E-state index contributed by atoms with van der Waals surface area (Å²) in [6, 6.07) is 49.2. The number of nitrogens with zero attached hydrogens (tertiary/aromatic N) is 15. The first-order valence-corrected chi connectivity index (χ1v) is 43.6. The number of hydrogen-bond acceptors (Lipinski definition) is 21. The number of aryl methyl sites for hydroxylation is 3. The molecule has 0 bridgehead atoms. The van der Waals surface area contributed by atoms with Crippen LogP contribution in [0.4, 0.5) is 23.0 Å². The number of carbonyl (C=O) groups is 3. The van der Waals surface area contributed by atoms with Gasteiger partial charge in [-0.05, 0) is 199 Å². The van der Waals surface area contributed by atoms with Gasteiger partial charge < -0.3 is 77.8 Å². The molecule has 1 unspecified atom stereocenters. The van der Waals surface area contributed by atoms with Gasteiger partial charge in [-0.1, -0.05) is 92.7 Å². The molecule has 0 saturated carbocycles. The Bertz CT molecular complexity index is 4910. The third kappa shape index (κ3) is 20.3. The number of fused-ring (bicyclic) bond motifs is 3. The fourth-order valence-corrected chi connectivity index (χ4v) is 18.8. The number of carbonyl (C=O) groups excluding carboxylic acids is 3. The van der Waals surface area contributed by atoms with Gasteiger partial charge in [-0.2, -0.15) is 4.68 Å². The molecule has 9 aromatic rings. The summed E-state index contributed by atoms with van der Waals surface area (Å²) >= 11 is 0. The third-order valence-corrected chi connectivity index (χ3v) is 25.6. The minimum atomic E-state index is -0.124. The van der Waals surface area contributed by atoms with Crippen molar-refractivity contribution >= 4 is 40.7 Å². The first-order chi connectivity index (χ1) is 59.1. The van der Waals surface area contributed by atoms with E-state index in [1.54, 1.807) is 49.0 Å². The SMILES string of the molecule is CCN1CCN(c2cccc3c2CN(C(CC2CCN(Cc4ccccc4)CC2)c2ccc(OC)c(OC)c2)C3=O)CC1.CCN1CCN(c2cccc3c2CN([C@H](CCCNc2nc(C)cc(C)n2)c2ccc(OC)c(OC)c2)C3=O)CC1.CCN1CCN(c2cccc3c2CN([C@H](CCC[n+]2cnn[nH]2)c2ccc(OC)c(OC)c2)C3=O)CC1. The fraction of sp³-hybridized carbons (Fsp3) is 0.474. The van der Waals surface area contributed by atoms with Crippen LogP contribution in [0.3, 0.4) is 0 Å². The average Bonchev–Trinajstić information content (AvgIpc) is 1.63. The summed E-state index contributed by atoms with van der Waals surface area (Å²) < 4.78 is 35.3. The van der Waals surface area contributed by atoms with Crippen molar-refractivity contribution in [1.29, 1.82) is 0 Å². The van der Waals surface area contributed by atoms with Crippen molar-refractivity contribution < 1.29 is 47.5 Å². The number of piperazine rings is 3. The monoisotopic (exact) mass is 1650 g/mol. The Morgan fingerprint density at radius 3 is 1.22 bits per heavy atom. The van der Waals surface area contributed by atoms with Crippen LogP contribution in [0.2, 0.25) is 0 Å². The molecular formula is C95H124N17O9+. The second-order valence-corrected chi connectivity index (χ2v) is 32.6. The minimum Gasteiger partial charge on any atom is -0.493 e. The van der Waals surface area contributed by atoms with Gasteiger partial charge in [0.05, 0.1) is 67.3 Å². The number of nitrogens with one attached hydrogen (secondary N) is 2. The van der Waals surface area contributed by atoms with Crippen molar-refractivity contribution in [1.82, 2.24) is 59.8 Å². The number of piperidine rings is 1. The van der Waals surface area contributed by atoms with Gasteiger partial charge in [0.15, 0.2) is 39.7 Å². The molecule has 7 aliphatic heterocycles. The number of aromatic nitrogens is 6. The highest BCUT2D eigenvalue weighted by molar-refractivity contribution is 6.02. The van der Waals surface area contributed by atoms with Crippen molar-refractivity contribution in [3.8, 4) is 34.5 Å². The summed E-state index contributed by atoms with van der Waals surface area (Å²) in [6.45, 7) is 32.5. The van der Waals surface area contributed by atoms with Gasteiger partial charge in [0.1, 0.15) is 5.10 Å². The summed E-state index contributed by atoms with van der Waals surface area (Å²) in [5.41, 5.74) is 16.0. The number of likely N-dealkylation sites (N-methyl/N-ethyl adjacent to an activating group) is 3. The molecule has 16 rings (SSSR count). The lowest BCUT2D eigenvalue weighted by Gasteiger charge is -2.37. The average molecular weight is 1650 g/mol. The van der Waals surface area contributed by atoms with E-state index in [9.17, 15) is 14.4 Å². The number of tetrazole rings is 1. The van der Waals surface area contributed by atoms with Crippen molar-refractivity contribution in [3.05, 3.63) is 219 Å². The molecule has 0 aliphatic carbocycles. The predicted octanol–water partition coefficient (Wildman–Crippen LogP) is 13.1. The smallest absolute Gasteiger partial charge is 0.288 e. The summed E-state index contributed by atoms with van der Waals surface area (Å²) in [5, 5.41) is 13.9. The number of hydrogen-bond donors (Lipinski definition) is 2. The van der Waals surface area contributed by atoms with E-state index in [1.165, 1.54) is 28.2 Å². The van der Waals surface area contributed by atoms with Crippen molar-refractivity contribution in [3.63, 3.8) is 0 Å². The molecule has 7 aliphatic rings. The fourth-order valence-electron chi connectivity index (χ4n) is 18.8. The Morgan fingerprint density at radius 1 is 0.438 bits per heavy atom. The highest BCUT2D eigenvalue weighted by Crippen LogP contribution is 2.46. The minimum absolute atomic E-state index is 0.0323. The zero-order chi connectivity index (χ0) is 84.5. The van der Waals surface area contributed by atoms with E-state index in [4.69, 9.17) is 28.4 Å². The molecule has 7 aromatic carbocycles. The molecule has 0 radical (unpaired) electrons. The van der Waals surface area contributed by atoms with E-state index in [0.29, 0.717) is 72.5 Å². The third-order valence-electron chi connectivity index (χ3n) is 25.6. The topological polar surface area (TPSA) is 222 Å². The van der Waals surface area contributed by atoms with Crippen LogP contribution in [-0.2, 0) is 32.7 Å². The maximum atomic E-state index is 14.2. The van der Waals surface area contributed by atoms with Crippen LogP contribution in [-0.4, -0.2) is 238 Å². The van der Waals surface area contributed by atoms with Crippen LogP contribution < -0.4 is 53.1 Å². The number of amides is 3. The van der Waals surface area contributed by atoms with Crippen molar-refractivity contribution in [2.45, 2.75) is 130 Å². The molecule has 4 saturated heterocycles. The molecule has 26 heteroatoms. The largest absolute Gasteiger partial charge is 0.493 e. The second kappa shape index (κ2) is 41.0. The van der Waals surface area contributed by atoms with Gasteiger partial charge in [-0.25, -0.2) is 9.97 Å². The van der Waals surface area contributed by atoms with Crippen LogP contribution in [0, 0.1) is 19.8 Å². The molecule has 642 valence electrons. The highest BCUT2D eigenvalue weighted by atomic mass is 16.5. The Balaban J connectivity index is 0.000000149. The lowest BCUT2D eigenvalue weighted by molar-refractivity contribution is -0.754. The van der Waals surface area contributed by atoms with E-state index in [1.807, 2.05) is 107 Å². The van der Waals surface area contributed by atoms with Gasteiger partial charge in [-0.15, -0.1) is 0 Å². The van der Waals surface area contributed by atoms with E-state index in [0.717, 1.165) is 225 Å². The second-order valence-electron chi connectivity index (χ2n) is 32.6. The van der Waals surface area contributed by atoms with Crippen LogP contribution in [0.25, 0.3) is 0 Å². The molecule has 2 N–H and O–H groups in total. The molecular weight excluding hydrogens is 1520 g/mol. The number of rotatable bonds is 31. The zero-order valence-corrected chi connectivity index (χ0v) is 72.8. The number of H-pyrrole nitrogens is 1. The van der Waals surface area contributed by atoms with E-state index < -0.39 is 0 Å². The normalized spacial score (nSPS) is 17.3.